The van der Waals surface area contributed by atoms with E-state index in [0.717, 1.165) is 18.2 Å². The van der Waals surface area contributed by atoms with Gasteiger partial charge in [-0.3, -0.25) is 0 Å². The summed E-state index contributed by atoms with van der Waals surface area (Å²) in [5.41, 5.74) is 1.15. The Hall–Kier alpha value is -0.960. The van der Waals surface area contributed by atoms with Crippen molar-refractivity contribution in [2.45, 2.75) is 45.6 Å². The first-order valence-corrected chi connectivity index (χ1v) is 6.63. The molecule has 100 valence electrons. The zero-order valence-corrected chi connectivity index (χ0v) is 11.1. The van der Waals surface area contributed by atoms with Crippen LogP contribution in [0.15, 0.2) is 18.2 Å². The molecule has 2 rings (SSSR count). The fourth-order valence-electron chi connectivity index (χ4n) is 2.79. The Balaban J connectivity index is 1.79. The highest BCUT2D eigenvalue weighted by molar-refractivity contribution is 5.18. The van der Waals surface area contributed by atoms with Gasteiger partial charge in [0.25, 0.3) is 0 Å². The Kier molecular flexibility index (Phi) is 4.00. The van der Waals surface area contributed by atoms with E-state index in [1.165, 1.54) is 31.4 Å². The standard InChI is InChI=1S/C15H21F2N/c1-15(2)5-3-14(10-15)18-6-4-11-7-12(16)9-13(17)8-11/h7-9,14,18H,3-6,10H2,1-2H3. The molecule has 3 heteroatoms. The molecule has 0 heterocycles. The lowest BCUT2D eigenvalue weighted by Gasteiger charge is -2.17. The summed E-state index contributed by atoms with van der Waals surface area (Å²) < 4.78 is 26.0. The molecule has 1 aliphatic rings. The maximum atomic E-state index is 13.0. The monoisotopic (exact) mass is 253 g/mol. The second kappa shape index (κ2) is 5.35. The van der Waals surface area contributed by atoms with E-state index < -0.39 is 11.6 Å². The Morgan fingerprint density at radius 1 is 1.22 bits per heavy atom. The number of hydrogen-bond acceptors (Lipinski definition) is 1. The van der Waals surface area contributed by atoms with Gasteiger partial charge >= 0.3 is 0 Å². The fourth-order valence-corrected chi connectivity index (χ4v) is 2.79. The molecule has 0 radical (unpaired) electrons. The zero-order chi connectivity index (χ0) is 13.2. The van der Waals surface area contributed by atoms with Crippen molar-refractivity contribution in [1.29, 1.82) is 0 Å². The molecule has 0 saturated heterocycles. The van der Waals surface area contributed by atoms with E-state index in [2.05, 4.69) is 19.2 Å². The van der Waals surface area contributed by atoms with E-state index in [1.807, 2.05) is 0 Å². The largest absolute Gasteiger partial charge is 0.314 e. The van der Waals surface area contributed by atoms with Crippen molar-refractivity contribution in [3.8, 4) is 0 Å². The van der Waals surface area contributed by atoms with E-state index >= 15 is 0 Å². The van der Waals surface area contributed by atoms with Gasteiger partial charge in [-0.25, -0.2) is 8.78 Å². The molecule has 1 fully saturated rings. The molecule has 0 amide bonds. The second-order valence-corrected chi connectivity index (χ2v) is 6.09. The number of halogens is 2. The molecular formula is C15H21F2N. The van der Waals surface area contributed by atoms with Crippen LogP contribution in [0.25, 0.3) is 0 Å². The molecule has 1 atom stereocenters. The minimum Gasteiger partial charge on any atom is -0.314 e. The average molecular weight is 253 g/mol. The summed E-state index contributed by atoms with van der Waals surface area (Å²) in [7, 11) is 0. The molecule has 0 bridgehead atoms. The first kappa shape index (κ1) is 13.5. The summed E-state index contributed by atoms with van der Waals surface area (Å²) in [6.45, 7) is 5.36. The molecule has 0 aromatic heterocycles. The molecule has 1 unspecified atom stereocenters. The van der Waals surface area contributed by atoms with Gasteiger partial charge < -0.3 is 5.32 Å². The van der Waals surface area contributed by atoms with Crippen LogP contribution in [-0.2, 0) is 6.42 Å². The third-order valence-electron chi connectivity index (χ3n) is 3.74. The SMILES string of the molecule is CC1(C)CCC(NCCc2cc(F)cc(F)c2)C1. The summed E-state index contributed by atoms with van der Waals surface area (Å²) in [5, 5.41) is 3.48. The van der Waals surface area contributed by atoms with Crippen LogP contribution in [0.3, 0.4) is 0 Å². The summed E-state index contributed by atoms with van der Waals surface area (Å²) in [5.74, 6) is -0.987. The molecule has 1 aromatic rings. The van der Waals surface area contributed by atoms with Crippen molar-refractivity contribution in [2.24, 2.45) is 5.41 Å². The molecule has 18 heavy (non-hydrogen) atoms. The quantitative estimate of drug-likeness (QED) is 0.863. The van der Waals surface area contributed by atoms with Crippen molar-refractivity contribution in [3.63, 3.8) is 0 Å². The molecule has 0 spiro atoms. The molecule has 1 aliphatic carbocycles. The summed E-state index contributed by atoms with van der Waals surface area (Å²) in [4.78, 5) is 0. The van der Waals surface area contributed by atoms with Crippen LogP contribution in [0.2, 0.25) is 0 Å². The van der Waals surface area contributed by atoms with Crippen molar-refractivity contribution >= 4 is 0 Å². The number of rotatable bonds is 4. The molecule has 1 nitrogen and oxygen atoms in total. The third kappa shape index (κ3) is 3.77. The van der Waals surface area contributed by atoms with Crippen LogP contribution in [0, 0.1) is 17.0 Å². The van der Waals surface area contributed by atoms with Crippen LogP contribution in [-0.4, -0.2) is 12.6 Å². The van der Waals surface area contributed by atoms with Gasteiger partial charge in [0.15, 0.2) is 0 Å². The average Bonchev–Trinajstić information content (AvgIpc) is 2.57. The lowest BCUT2D eigenvalue weighted by atomic mass is 9.92. The van der Waals surface area contributed by atoms with Crippen LogP contribution in [0.4, 0.5) is 8.78 Å². The minimum absolute atomic E-state index is 0.433. The highest BCUT2D eigenvalue weighted by atomic mass is 19.1. The number of hydrogen-bond donors (Lipinski definition) is 1. The first-order chi connectivity index (χ1) is 8.44. The fraction of sp³-hybridized carbons (Fsp3) is 0.600. The predicted octanol–water partition coefficient (Wildman–Crippen LogP) is 3.68. The smallest absolute Gasteiger partial charge is 0.126 e. The van der Waals surface area contributed by atoms with E-state index in [0.29, 0.717) is 17.9 Å². The van der Waals surface area contributed by atoms with Crippen molar-refractivity contribution in [3.05, 3.63) is 35.4 Å². The highest BCUT2D eigenvalue weighted by Crippen LogP contribution is 2.36. The summed E-state index contributed by atoms with van der Waals surface area (Å²) in [6.07, 6.45) is 4.31. The van der Waals surface area contributed by atoms with E-state index in [-0.39, 0.29) is 0 Å². The van der Waals surface area contributed by atoms with Gasteiger partial charge in [0.05, 0.1) is 0 Å². The van der Waals surface area contributed by atoms with Crippen LogP contribution in [0.5, 0.6) is 0 Å². The predicted molar refractivity (Wildman–Crippen MR) is 69.5 cm³/mol. The Bertz CT molecular complexity index is 395. The third-order valence-corrected chi connectivity index (χ3v) is 3.74. The van der Waals surface area contributed by atoms with E-state index in [9.17, 15) is 8.78 Å². The Morgan fingerprint density at radius 3 is 2.44 bits per heavy atom. The Morgan fingerprint density at radius 2 is 1.89 bits per heavy atom. The van der Waals surface area contributed by atoms with Gasteiger partial charge in [-0.1, -0.05) is 13.8 Å². The number of benzene rings is 1. The van der Waals surface area contributed by atoms with E-state index in [1.54, 1.807) is 0 Å². The van der Waals surface area contributed by atoms with Gasteiger partial charge in [0, 0.05) is 12.1 Å². The van der Waals surface area contributed by atoms with Crippen molar-refractivity contribution in [1.82, 2.24) is 5.32 Å². The second-order valence-electron chi connectivity index (χ2n) is 6.09. The van der Waals surface area contributed by atoms with Crippen molar-refractivity contribution < 1.29 is 8.78 Å². The molecule has 1 aromatic carbocycles. The van der Waals surface area contributed by atoms with Crippen molar-refractivity contribution in [2.75, 3.05) is 6.54 Å². The van der Waals surface area contributed by atoms with Crippen LogP contribution < -0.4 is 5.32 Å². The molecule has 1 N–H and O–H groups in total. The summed E-state index contributed by atoms with van der Waals surface area (Å²) >= 11 is 0. The highest BCUT2D eigenvalue weighted by Gasteiger charge is 2.30. The van der Waals surface area contributed by atoms with Gasteiger partial charge in [0.1, 0.15) is 11.6 Å². The van der Waals surface area contributed by atoms with Gasteiger partial charge in [0.2, 0.25) is 0 Å². The maximum Gasteiger partial charge on any atom is 0.126 e. The lowest BCUT2D eigenvalue weighted by Crippen LogP contribution is -2.29. The topological polar surface area (TPSA) is 12.0 Å². The zero-order valence-electron chi connectivity index (χ0n) is 11.1. The number of nitrogens with one attached hydrogen (secondary N) is 1. The minimum atomic E-state index is -0.494. The molecular weight excluding hydrogens is 232 g/mol. The normalized spacial score (nSPS) is 22.3. The van der Waals surface area contributed by atoms with Gasteiger partial charge in [-0.15, -0.1) is 0 Å². The van der Waals surface area contributed by atoms with Gasteiger partial charge in [-0.2, -0.15) is 0 Å². The van der Waals surface area contributed by atoms with E-state index in [4.69, 9.17) is 0 Å². The first-order valence-electron chi connectivity index (χ1n) is 6.63. The van der Waals surface area contributed by atoms with Crippen LogP contribution >= 0.6 is 0 Å². The maximum absolute atomic E-state index is 13.0. The summed E-state index contributed by atoms with van der Waals surface area (Å²) in [6, 6.07) is 4.28. The van der Waals surface area contributed by atoms with Gasteiger partial charge in [-0.05, 0) is 55.3 Å². The Labute approximate surface area is 108 Å². The molecule has 0 aliphatic heterocycles. The van der Waals surface area contributed by atoms with Crippen LogP contribution in [0.1, 0.15) is 38.7 Å². The lowest BCUT2D eigenvalue weighted by molar-refractivity contribution is 0.365. The molecule has 1 saturated carbocycles.